The maximum Gasteiger partial charge on any atom is 0.335 e. The Morgan fingerprint density at radius 3 is 2.59 bits per heavy atom. The number of hydrogen-bond donors (Lipinski definition) is 2. The molecule has 0 bridgehead atoms. The van der Waals surface area contributed by atoms with E-state index in [0.29, 0.717) is 35.2 Å². The first kappa shape index (κ1) is 25.8. The fourth-order valence-corrected chi connectivity index (χ4v) is 5.63. The molecule has 4 rings (SSSR count). The van der Waals surface area contributed by atoms with Gasteiger partial charge in [0.15, 0.2) is 0 Å². The van der Waals surface area contributed by atoms with Crippen LogP contribution in [0.15, 0.2) is 59.5 Å². The first-order valence-corrected chi connectivity index (χ1v) is 12.1. The summed E-state index contributed by atoms with van der Waals surface area (Å²) in [5.74, 6) is -1.62. The molecular formula is C23H26ClFN4O4S. The average molecular weight is 509 g/mol. The van der Waals surface area contributed by atoms with Crippen molar-refractivity contribution in [2.45, 2.75) is 30.7 Å². The zero-order valence-corrected chi connectivity index (χ0v) is 20.0. The highest BCUT2D eigenvalue weighted by Gasteiger charge is 2.26. The Bertz CT molecular complexity index is 1330. The third-order valence-electron chi connectivity index (χ3n) is 5.73. The Morgan fingerprint density at radius 1 is 1.18 bits per heavy atom. The monoisotopic (exact) mass is 508 g/mol. The number of aromatic nitrogens is 2. The summed E-state index contributed by atoms with van der Waals surface area (Å²) >= 11 is 0. The van der Waals surface area contributed by atoms with Gasteiger partial charge in [-0.3, -0.25) is 0 Å². The summed E-state index contributed by atoms with van der Waals surface area (Å²) in [5, 5.41) is 9.63. The lowest BCUT2D eigenvalue weighted by Gasteiger charge is -2.26. The van der Waals surface area contributed by atoms with Gasteiger partial charge in [-0.1, -0.05) is 18.6 Å². The molecular weight excluding hydrogens is 483 g/mol. The van der Waals surface area contributed by atoms with Crippen molar-refractivity contribution < 1.29 is 22.7 Å². The van der Waals surface area contributed by atoms with Crippen LogP contribution in [-0.4, -0.2) is 53.0 Å². The lowest BCUT2D eigenvalue weighted by Crippen LogP contribution is -2.35. The minimum Gasteiger partial charge on any atom is -0.478 e. The highest BCUT2D eigenvalue weighted by Crippen LogP contribution is 2.32. The number of nitrogens with zero attached hydrogens (tertiary/aromatic N) is 3. The number of carboxylic acids is 1. The third kappa shape index (κ3) is 5.15. The molecule has 0 amide bonds. The van der Waals surface area contributed by atoms with Gasteiger partial charge in [0.1, 0.15) is 5.83 Å². The van der Waals surface area contributed by atoms with Gasteiger partial charge in [0.05, 0.1) is 34.4 Å². The number of rotatable bonds is 7. The minimum atomic E-state index is -3.67. The first-order chi connectivity index (χ1) is 15.8. The van der Waals surface area contributed by atoms with Crippen molar-refractivity contribution >= 4 is 39.4 Å². The smallest absolute Gasteiger partial charge is 0.335 e. The zero-order valence-electron chi connectivity index (χ0n) is 18.4. The number of sulfonamides is 1. The summed E-state index contributed by atoms with van der Waals surface area (Å²) in [6.07, 6.45) is 5.33. The summed E-state index contributed by atoms with van der Waals surface area (Å²) in [6, 6.07) is 9.31. The van der Waals surface area contributed by atoms with Crippen LogP contribution in [0.25, 0.3) is 22.2 Å². The van der Waals surface area contributed by atoms with Crippen LogP contribution in [0.4, 0.5) is 4.39 Å². The highest BCUT2D eigenvalue weighted by molar-refractivity contribution is 7.89. The maximum atomic E-state index is 14.1. The minimum absolute atomic E-state index is 0. The second-order valence-electron chi connectivity index (χ2n) is 7.95. The molecule has 2 heterocycles. The Balaban J connectivity index is 0.00000324. The molecule has 1 aromatic heterocycles. The quantitative estimate of drug-likeness (QED) is 0.501. The van der Waals surface area contributed by atoms with Crippen LogP contribution in [0.5, 0.6) is 0 Å². The van der Waals surface area contributed by atoms with Gasteiger partial charge in [0, 0.05) is 25.2 Å². The number of carboxylic acid groups (broad SMARTS) is 1. The van der Waals surface area contributed by atoms with Crippen LogP contribution in [0.2, 0.25) is 0 Å². The standard InChI is InChI=1S/C23H25FN4O4S.ClH/c24-18(7-8-25)14-27-15-26-22-20(12-17(23(29)30)13-21(22)27)16-5-4-6-19(11-16)33(31,32)28-9-2-1-3-10-28;/h4-7,11-13,15H,1-3,8-10,14,25H2,(H,29,30);1H/b18-7-;. The van der Waals surface area contributed by atoms with Crippen LogP contribution in [-0.2, 0) is 16.6 Å². The molecule has 0 saturated carbocycles. The van der Waals surface area contributed by atoms with Gasteiger partial charge in [-0.25, -0.2) is 22.6 Å². The predicted molar refractivity (Wildman–Crippen MR) is 130 cm³/mol. The van der Waals surface area contributed by atoms with Crippen molar-refractivity contribution in [1.82, 2.24) is 13.9 Å². The number of carbonyl (C=O) groups is 1. The van der Waals surface area contributed by atoms with Crippen LogP contribution in [0, 0.1) is 0 Å². The number of aromatic carboxylic acids is 1. The van der Waals surface area contributed by atoms with Gasteiger partial charge in [-0.2, -0.15) is 4.31 Å². The van der Waals surface area contributed by atoms with Gasteiger partial charge < -0.3 is 15.4 Å². The van der Waals surface area contributed by atoms with E-state index in [1.807, 2.05) is 0 Å². The lowest BCUT2D eigenvalue weighted by molar-refractivity contribution is 0.0697. The van der Waals surface area contributed by atoms with Crippen LogP contribution in [0.1, 0.15) is 29.6 Å². The van der Waals surface area contributed by atoms with Gasteiger partial charge >= 0.3 is 5.97 Å². The normalized spacial score (nSPS) is 15.3. The number of nitrogens with two attached hydrogens (primary N) is 1. The molecule has 1 fully saturated rings. The molecule has 0 aliphatic carbocycles. The van der Waals surface area contributed by atoms with Gasteiger partial charge in [0.2, 0.25) is 10.0 Å². The van der Waals surface area contributed by atoms with Crippen molar-refractivity contribution in [1.29, 1.82) is 0 Å². The number of hydrogen-bond acceptors (Lipinski definition) is 5. The zero-order chi connectivity index (χ0) is 23.6. The molecule has 34 heavy (non-hydrogen) atoms. The number of imidazole rings is 1. The fraction of sp³-hybridized carbons (Fsp3) is 0.304. The lowest BCUT2D eigenvalue weighted by atomic mass is 10.0. The van der Waals surface area contributed by atoms with E-state index in [9.17, 15) is 22.7 Å². The van der Waals surface area contributed by atoms with Crippen molar-refractivity contribution in [3.63, 3.8) is 0 Å². The van der Waals surface area contributed by atoms with Crippen LogP contribution < -0.4 is 5.73 Å². The van der Waals surface area contributed by atoms with E-state index in [4.69, 9.17) is 5.73 Å². The van der Waals surface area contributed by atoms with Gasteiger partial charge in [-0.05, 0) is 48.7 Å². The van der Waals surface area contributed by atoms with Gasteiger partial charge in [0.25, 0.3) is 0 Å². The molecule has 0 spiro atoms. The molecule has 1 aliphatic heterocycles. The van der Waals surface area contributed by atoms with Gasteiger partial charge in [-0.15, -0.1) is 12.4 Å². The van der Waals surface area contributed by atoms with Crippen molar-refractivity contribution in [3.05, 3.63) is 60.2 Å². The second-order valence-corrected chi connectivity index (χ2v) is 9.89. The fourth-order valence-electron chi connectivity index (χ4n) is 4.07. The van der Waals surface area contributed by atoms with E-state index in [-0.39, 0.29) is 36.0 Å². The maximum absolute atomic E-state index is 14.1. The summed E-state index contributed by atoms with van der Waals surface area (Å²) in [6.45, 7) is 0.872. The Kier molecular flexibility index (Phi) is 8.09. The number of benzene rings is 2. The van der Waals surface area contributed by atoms with E-state index in [1.54, 1.807) is 12.1 Å². The van der Waals surface area contributed by atoms with Crippen LogP contribution >= 0.6 is 12.4 Å². The SMILES string of the molecule is Cl.NC/C=C(\F)Cn1cnc2c(-c3cccc(S(=O)(=O)N4CCCCC4)c3)cc(C(=O)O)cc21. The average Bonchev–Trinajstić information content (AvgIpc) is 3.21. The Labute approximate surface area is 203 Å². The number of halogens is 2. The van der Waals surface area contributed by atoms with Crippen molar-refractivity contribution in [3.8, 4) is 11.1 Å². The topological polar surface area (TPSA) is 119 Å². The highest BCUT2D eigenvalue weighted by atomic mass is 35.5. The predicted octanol–water partition coefficient (Wildman–Crippen LogP) is 3.81. The molecule has 3 aromatic rings. The molecule has 0 atom stereocenters. The van der Waals surface area contributed by atoms with E-state index >= 15 is 0 Å². The Hall–Kier alpha value is -2.79. The van der Waals surface area contributed by atoms with Crippen molar-refractivity contribution in [2.75, 3.05) is 19.6 Å². The summed E-state index contributed by atoms with van der Waals surface area (Å²) in [4.78, 5) is 16.3. The van der Waals surface area contributed by atoms with E-state index in [1.165, 1.54) is 45.5 Å². The second kappa shape index (κ2) is 10.6. The molecule has 1 aliphatic rings. The van der Waals surface area contributed by atoms with Crippen molar-refractivity contribution in [2.24, 2.45) is 5.73 Å². The third-order valence-corrected chi connectivity index (χ3v) is 7.63. The summed E-state index contributed by atoms with van der Waals surface area (Å²) in [7, 11) is -3.67. The summed E-state index contributed by atoms with van der Waals surface area (Å²) < 4.78 is 43.4. The molecule has 8 nitrogen and oxygen atoms in total. The number of allylic oxidation sites excluding steroid dienone is 1. The van der Waals surface area contributed by atoms with E-state index in [0.717, 1.165) is 19.3 Å². The van der Waals surface area contributed by atoms with E-state index < -0.39 is 21.8 Å². The molecule has 11 heteroatoms. The van der Waals surface area contributed by atoms with E-state index in [2.05, 4.69) is 4.98 Å². The molecule has 0 unspecified atom stereocenters. The Morgan fingerprint density at radius 2 is 1.91 bits per heavy atom. The number of fused-ring (bicyclic) bond motifs is 1. The number of piperidine rings is 1. The molecule has 0 radical (unpaired) electrons. The molecule has 1 saturated heterocycles. The molecule has 3 N–H and O–H groups in total. The molecule has 182 valence electrons. The summed E-state index contributed by atoms with van der Waals surface area (Å²) in [5.41, 5.74) is 7.22. The first-order valence-electron chi connectivity index (χ1n) is 10.7. The molecule has 2 aromatic carbocycles. The largest absolute Gasteiger partial charge is 0.478 e. The van der Waals surface area contributed by atoms with Crippen LogP contribution in [0.3, 0.4) is 0 Å².